The van der Waals surface area contributed by atoms with Gasteiger partial charge in [0.25, 0.3) is 0 Å². The van der Waals surface area contributed by atoms with E-state index in [9.17, 15) is 0 Å². The SMILES string of the molecule is N.[Cr+3].[O-2].[O]=[Cr](=[O])([O-])[OH]. The Morgan fingerprint density at radius 2 is 1.38 bits per heavy atom. The number of rotatable bonds is 0. The fourth-order valence-electron chi connectivity index (χ4n) is 0. The summed E-state index contributed by atoms with van der Waals surface area (Å²) in [5, 5.41) is 0. The molecule has 0 saturated carbocycles. The van der Waals surface area contributed by atoms with E-state index in [1.54, 1.807) is 0 Å². The van der Waals surface area contributed by atoms with Crippen molar-refractivity contribution in [2.75, 3.05) is 0 Å². The summed E-state index contributed by atoms with van der Waals surface area (Å²) in [6, 6.07) is 0. The first-order chi connectivity index (χ1) is 2.00. The second-order valence-electron chi connectivity index (χ2n) is 0.428. The van der Waals surface area contributed by atoms with Gasteiger partial charge in [-0.3, -0.25) is 0 Å². The van der Waals surface area contributed by atoms with E-state index in [4.69, 9.17) is 15.9 Å². The predicted molar refractivity (Wildman–Crippen MR) is 9.30 cm³/mol. The second kappa shape index (κ2) is 7.50. The Morgan fingerprint density at radius 3 is 1.38 bits per heavy atom. The molecule has 0 aromatic rings. The third-order valence-electron chi connectivity index (χ3n) is 0. The van der Waals surface area contributed by atoms with Gasteiger partial charge in [0.05, 0.1) is 0 Å². The molecule has 4 N–H and O–H groups in total. The monoisotopic (exact) mass is 202 g/mol. The molecular formula is H4Cr2NO5. The molecule has 0 heterocycles. The minimum atomic E-state index is -5.50. The molecule has 1 radical (unpaired) electrons. The van der Waals surface area contributed by atoms with Gasteiger partial charge in [0.2, 0.25) is 0 Å². The maximum absolute atomic E-state index is 8.70. The normalized spacial score (nSPS) is 7.25. The van der Waals surface area contributed by atoms with Gasteiger partial charge in [0.15, 0.2) is 0 Å². The Kier molecular flexibility index (Phi) is 22.1. The average Bonchev–Trinajstić information content (AvgIpc) is 0.722. The Balaban J connectivity index is -0.0000000267. The first-order valence-electron chi connectivity index (χ1n) is 0.683. The second-order valence-corrected chi connectivity index (χ2v) is 1.76. The molecule has 0 saturated heterocycles. The quantitative estimate of drug-likeness (QED) is 0.469. The summed E-state index contributed by atoms with van der Waals surface area (Å²) in [7, 11) is 0. The topological polar surface area (TPSA) is 141 Å². The van der Waals surface area contributed by atoms with E-state index < -0.39 is 13.6 Å². The van der Waals surface area contributed by atoms with Crippen LogP contribution in [-0.2, 0) is 44.1 Å². The zero-order chi connectivity index (χ0) is 4.50. The van der Waals surface area contributed by atoms with E-state index in [1.807, 2.05) is 0 Å². The zero-order valence-corrected chi connectivity index (χ0v) is 6.15. The first kappa shape index (κ1) is 23.6. The van der Waals surface area contributed by atoms with Gasteiger partial charge < -0.3 is 11.6 Å². The molecule has 0 unspecified atom stereocenters. The van der Waals surface area contributed by atoms with Gasteiger partial charge >= 0.3 is 46.9 Å². The Hall–Kier alpha value is 0.505. The van der Waals surface area contributed by atoms with Crippen molar-refractivity contribution in [3.63, 3.8) is 0 Å². The van der Waals surface area contributed by atoms with Crippen LogP contribution in [0.25, 0.3) is 0 Å². The molecule has 51 valence electrons. The summed E-state index contributed by atoms with van der Waals surface area (Å²) in [5.41, 5.74) is 0. The summed E-state index contributed by atoms with van der Waals surface area (Å²) < 4.78 is 33.1. The van der Waals surface area contributed by atoms with Gasteiger partial charge in [0.1, 0.15) is 0 Å². The van der Waals surface area contributed by atoms with Crippen LogP contribution in [0.15, 0.2) is 0 Å². The minimum absolute atomic E-state index is 0. The van der Waals surface area contributed by atoms with Gasteiger partial charge in [-0.1, -0.05) is 0 Å². The van der Waals surface area contributed by atoms with Crippen molar-refractivity contribution in [3.05, 3.63) is 0 Å². The van der Waals surface area contributed by atoms with E-state index in [0.717, 1.165) is 0 Å². The molecule has 0 aliphatic heterocycles. The van der Waals surface area contributed by atoms with Gasteiger partial charge in [0, 0.05) is 0 Å². The Morgan fingerprint density at radius 1 is 1.38 bits per heavy atom. The molecule has 0 aliphatic carbocycles. The van der Waals surface area contributed by atoms with Gasteiger partial charge in [-0.25, -0.2) is 0 Å². The fraction of sp³-hybridized carbons (Fsp3) is 0. The summed E-state index contributed by atoms with van der Waals surface area (Å²) in [5.74, 6) is 0. The molecule has 6 nitrogen and oxygen atoms in total. The molecule has 0 fully saturated rings. The van der Waals surface area contributed by atoms with E-state index in [2.05, 4.69) is 0 Å². The molecule has 0 atom stereocenters. The molecule has 0 aromatic carbocycles. The van der Waals surface area contributed by atoms with E-state index in [1.165, 1.54) is 0 Å². The van der Waals surface area contributed by atoms with Crippen molar-refractivity contribution in [1.29, 1.82) is 0 Å². The molecule has 0 spiro atoms. The van der Waals surface area contributed by atoms with E-state index in [0.29, 0.717) is 0 Å². The third-order valence-corrected chi connectivity index (χ3v) is 0. The van der Waals surface area contributed by atoms with Gasteiger partial charge in [-0.05, 0) is 0 Å². The molecule has 0 amide bonds. The molecule has 8 heteroatoms. The van der Waals surface area contributed by atoms with Gasteiger partial charge in [-0.2, -0.15) is 0 Å². The van der Waals surface area contributed by atoms with Crippen LogP contribution >= 0.6 is 0 Å². The van der Waals surface area contributed by atoms with Crippen LogP contribution in [0, 0.1) is 0 Å². The summed E-state index contributed by atoms with van der Waals surface area (Å²) in [6.45, 7) is 0. The molecule has 0 bridgehead atoms. The van der Waals surface area contributed by atoms with Crippen LogP contribution in [0.1, 0.15) is 0 Å². The van der Waals surface area contributed by atoms with Crippen LogP contribution in [-0.4, -0.2) is 4.16 Å². The van der Waals surface area contributed by atoms with Crippen molar-refractivity contribution in [3.8, 4) is 0 Å². The van der Waals surface area contributed by atoms with Crippen LogP contribution in [0.3, 0.4) is 0 Å². The van der Waals surface area contributed by atoms with Crippen LogP contribution in [0.2, 0.25) is 0 Å². The number of hydrogen-bond acceptors (Lipinski definition) is 4. The average molecular weight is 202 g/mol. The maximum atomic E-state index is 8.70. The zero-order valence-electron chi connectivity index (χ0n) is 3.60. The van der Waals surface area contributed by atoms with Crippen molar-refractivity contribution in [2.24, 2.45) is 0 Å². The van der Waals surface area contributed by atoms with Crippen LogP contribution < -0.4 is 10.3 Å². The summed E-state index contributed by atoms with van der Waals surface area (Å²) in [4.78, 5) is 0. The van der Waals surface area contributed by atoms with Crippen molar-refractivity contribution in [1.82, 2.24) is 6.15 Å². The predicted octanol–water partition coefficient (Wildman–Crippen LogP) is -1.95. The number of hydrogen-bond donors (Lipinski definition) is 2. The summed E-state index contributed by atoms with van der Waals surface area (Å²) in [6.07, 6.45) is 0. The Labute approximate surface area is 58.9 Å². The van der Waals surface area contributed by atoms with Crippen molar-refractivity contribution < 1.29 is 52.4 Å². The molecule has 0 rings (SSSR count). The molecular weight excluding hydrogens is 198 g/mol. The molecule has 0 aromatic heterocycles. The molecule has 8 heavy (non-hydrogen) atoms. The van der Waals surface area contributed by atoms with Crippen molar-refractivity contribution in [2.45, 2.75) is 0 Å². The fourth-order valence-corrected chi connectivity index (χ4v) is 0. The van der Waals surface area contributed by atoms with Crippen molar-refractivity contribution >= 4 is 0 Å². The van der Waals surface area contributed by atoms with Crippen LogP contribution in [0.4, 0.5) is 0 Å². The van der Waals surface area contributed by atoms with E-state index in [-0.39, 0.29) is 29.0 Å². The first-order valence-corrected chi connectivity index (χ1v) is 2.81. The van der Waals surface area contributed by atoms with E-state index >= 15 is 0 Å². The van der Waals surface area contributed by atoms with Gasteiger partial charge in [-0.15, -0.1) is 0 Å². The summed E-state index contributed by atoms with van der Waals surface area (Å²) >= 11 is -5.50. The molecule has 0 aliphatic rings. The Bertz CT molecular complexity index is 93.6. The van der Waals surface area contributed by atoms with Crippen LogP contribution in [0.5, 0.6) is 0 Å². The third kappa shape index (κ3) is 773. The standard InChI is InChI=1S/2Cr.H3N.H2O.4O/h;;1H3;1H2;;;;/q+1;+3;;;;;-2;-1/p-1.